The Morgan fingerprint density at radius 3 is 2.69 bits per heavy atom. The molecule has 4 rings (SSSR count). The van der Waals surface area contributed by atoms with Crippen molar-refractivity contribution in [3.8, 4) is 11.4 Å². The summed E-state index contributed by atoms with van der Waals surface area (Å²) >= 11 is 0. The van der Waals surface area contributed by atoms with Gasteiger partial charge in [0, 0.05) is 42.9 Å². The van der Waals surface area contributed by atoms with Crippen molar-refractivity contribution in [2.24, 2.45) is 13.0 Å². The van der Waals surface area contributed by atoms with Crippen molar-refractivity contribution < 1.29 is 4.79 Å². The van der Waals surface area contributed by atoms with Gasteiger partial charge in [-0.25, -0.2) is 4.98 Å². The van der Waals surface area contributed by atoms with Crippen LogP contribution in [-0.2, 0) is 18.3 Å². The fraction of sp³-hybridized carbons (Fsp3) is 0.400. The maximum absolute atomic E-state index is 12.6. The molecule has 0 radical (unpaired) electrons. The number of pyridine rings is 2. The Hall–Kier alpha value is -2.60. The second-order valence-electron chi connectivity index (χ2n) is 7.16. The molecule has 4 heterocycles. The number of carbonyl (C=O) groups is 1. The van der Waals surface area contributed by atoms with Crippen molar-refractivity contribution in [1.82, 2.24) is 24.6 Å². The molecule has 1 saturated heterocycles. The number of nitrogens with zero attached hydrogens (tertiary/aromatic N) is 5. The van der Waals surface area contributed by atoms with Crippen LogP contribution in [0.3, 0.4) is 0 Å². The monoisotopic (exact) mass is 349 g/mol. The minimum atomic E-state index is 0.163. The number of likely N-dealkylation sites (tertiary alicyclic amines) is 1. The number of carbonyl (C=O) groups excluding carboxylic acids is 1. The molecule has 3 aromatic heterocycles. The lowest BCUT2D eigenvalue weighted by molar-refractivity contribution is -0.123. The predicted molar refractivity (Wildman–Crippen MR) is 101 cm³/mol. The lowest BCUT2D eigenvalue weighted by Gasteiger charge is -2.27. The maximum atomic E-state index is 12.6. The van der Waals surface area contributed by atoms with E-state index in [2.05, 4.69) is 22.0 Å². The van der Waals surface area contributed by atoms with E-state index in [1.807, 2.05) is 43.7 Å². The van der Waals surface area contributed by atoms with Crippen LogP contribution in [0.25, 0.3) is 22.3 Å². The van der Waals surface area contributed by atoms with Crippen LogP contribution in [0.1, 0.15) is 18.5 Å². The first-order chi connectivity index (χ1) is 12.6. The van der Waals surface area contributed by atoms with Crippen LogP contribution in [0.2, 0.25) is 0 Å². The van der Waals surface area contributed by atoms with Crippen LogP contribution in [0.5, 0.6) is 0 Å². The highest BCUT2D eigenvalue weighted by atomic mass is 16.1. The third-order valence-electron chi connectivity index (χ3n) is 5.14. The Balaban J connectivity index is 1.55. The molecule has 0 N–H and O–H groups in total. The summed E-state index contributed by atoms with van der Waals surface area (Å²) in [5.41, 5.74) is 3.33. The van der Waals surface area contributed by atoms with Gasteiger partial charge in [0.25, 0.3) is 0 Å². The lowest BCUT2D eigenvalue weighted by atomic mass is 9.90. The van der Waals surface area contributed by atoms with E-state index in [9.17, 15) is 4.79 Å². The van der Waals surface area contributed by atoms with E-state index in [0.29, 0.717) is 12.2 Å². The van der Waals surface area contributed by atoms with Crippen LogP contribution in [0, 0.1) is 5.92 Å². The number of aromatic nitrogens is 4. The summed E-state index contributed by atoms with van der Waals surface area (Å²) in [7, 11) is 4.00. The summed E-state index contributed by atoms with van der Waals surface area (Å²) in [4.78, 5) is 24.1. The van der Waals surface area contributed by atoms with Gasteiger partial charge in [0.2, 0.25) is 0 Å². The third kappa shape index (κ3) is 3.51. The summed E-state index contributed by atoms with van der Waals surface area (Å²) in [6, 6.07) is 7.84. The number of ketones is 1. The average Bonchev–Trinajstić information content (AvgIpc) is 3.08. The van der Waals surface area contributed by atoms with E-state index in [-0.39, 0.29) is 5.92 Å². The Labute approximate surface area is 152 Å². The molecule has 0 spiro atoms. The molecule has 0 atom stereocenters. The number of aryl methyl sites for hydroxylation is 1. The second kappa shape index (κ2) is 6.96. The van der Waals surface area contributed by atoms with E-state index in [1.165, 1.54) is 0 Å². The summed E-state index contributed by atoms with van der Waals surface area (Å²) in [5, 5.41) is 5.38. The Morgan fingerprint density at radius 1 is 1.15 bits per heavy atom. The Bertz CT molecular complexity index is 940. The summed E-state index contributed by atoms with van der Waals surface area (Å²) in [5.74, 6) is 0.460. The van der Waals surface area contributed by atoms with Gasteiger partial charge in [-0.05, 0) is 57.2 Å². The SMILES string of the molecule is CN1CCC(C(=O)Cc2cc3nc(-c4ccn(C)n4)ccc3cn2)CC1. The van der Waals surface area contributed by atoms with Crippen LogP contribution in [0.15, 0.2) is 36.7 Å². The van der Waals surface area contributed by atoms with Gasteiger partial charge < -0.3 is 4.90 Å². The average molecular weight is 349 g/mol. The molecular weight excluding hydrogens is 326 g/mol. The van der Waals surface area contributed by atoms with E-state index >= 15 is 0 Å². The van der Waals surface area contributed by atoms with Crippen LogP contribution < -0.4 is 0 Å². The van der Waals surface area contributed by atoms with Crippen molar-refractivity contribution in [3.63, 3.8) is 0 Å². The van der Waals surface area contributed by atoms with Crippen molar-refractivity contribution in [2.75, 3.05) is 20.1 Å². The minimum Gasteiger partial charge on any atom is -0.306 e. The maximum Gasteiger partial charge on any atom is 0.142 e. The van der Waals surface area contributed by atoms with E-state index in [4.69, 9.17) is 4.98 Å². The summed E-state index contributed by atoms with van der Waals surface area (Å²) < 4.78 is 1.76. The van der Waals surface area contributed by atoms with Gasteiger partial charge in [-0.3, -0.25) is 14.5 Å². The van der Waals surface area contributed by atoms with E-state index < -0.39 is 0 Å². The molecular formula is C20H23N5O. The first kappa shape index (κ1) is 16.8. The molecule has 1 aliphatic heterocycles. The Morgan fingerprint density at radius 2 is 1.96 bits per heavy atom. The normalized spacial score (nSPS) is 16.2. The Kier molecular flexibility index (Phi) is 4.51. The lowest BCUT2D eigenvalue weighted by Crippen LogP contribution is -2.34. The van der Waals surface area contributed by atoms with Gasteiger partial charge >= 0.3 is 0 Å². The van der Waals surface area contributed by atoms with Crippen molar-refractivity contribution >= 4 is 16.7 Å². The molecule has 1 aliphatic rings. The molecule has 0 saturated carbocycles. The highest BCUT2D eigenvalue weighted by molar-refractivity contribution is 5.85. The van der Waals surface area contributed by atoms with Gasteiger partial charge in [0.1, 0.15) is 11.5 Å². The molecule has 6 nitrogen and oxygen atoms in total. The molecule has 0 bridgehead atoms. The van der Waals surface area contributed by atoms with Crippen LogP contribution in [-0.4, -0.2) is 50.6 Å². The summed E-state index contributed by atoms with van der Waals surface area (Å²) in [6.45, 7) is 1.99. The molecule has 0 unspecified atom stereocenters. The first-order valence-electron chi connectivity index (χ1n) is 9.05. The molecule has 0 aliphatic carbocycles. The number of rotatable bonds is 4. The topological polar surface area (TPSA) is 63.9 Å². The molecule has 0 aromatic carbocycles. The fourth-order valence-electron chi connectivity index (χ4n) is 3.50. The number of hydrogen-bond donors (Lipinski definition) is 0. The van der Waals surface area contributed by atoms with E-state index in [0.717, 1.165) is 53.9 Å². The highest BCUT2D eigenvalue weighted by Gasteiger charge is 2.23. The molecule has 3 aromatic rings. The van der Waals surface area contributed by atoms with Crippen LogP contribution in [0.4, 0.5) is 0 Å². The quantitative estimate of drug-likeness (QED) is 0.724. The van der Waals surface area contributed by atoms with E-state index in [1.54, 1.807) is 4.68 Å². The van der Waals surface area contributed by atoms with Crippen LogP contribution >= 0.6 is 0 Å². The van der Waals surface area contributed by atoms with Gasteiger partial charge in [0.15, 0.2) is 0 Å². The molecule has 0 amide bonds. The highest BCUT2D eigenvalue weighted by Crippen LogP contribution is 2.22. The molecule has 1 fully saturated rings. The van der Waals surface area contributed by atoms with Crippen molar-refractivity contribution in [3.05, 3.63) is 42.4 Å². The third-order valence-corrected chi connectivity index (χ3v) is 5.14. The molecule has 134 valence electrons. The van der Waals surface area contributed by atoms with Gasteiger partial charge in [0.05, 0.1) is 11.2 Å². The first-order valence-corrected chi connectivity index (χ1v) is 9.05. The van der Waals surface area contributed by atoms with Gasteiger partial charge in [-0.1, -0.05) is 0 Å². The zero-order valence-electron chi connectivity index (χ0n) is 15.2. The molecule has 6 heteroatoms. The van der Waals surface area contributed by atoms with Gasteiger partial charge in [-0.15, -0.1) is 0 Å². The standard InChI is InChI=1S/C20H23N5O/c1-24-8-5-14(6-9-24)20(26)12-16-11-19-15(13-21-16)3-4-17(22-19)18-7-10-25(2)23-18/h3-4,7,10-11,13-14H,5-6,8-9,12H2,1-2H3. The number of fused-ring (bicyclic) bond motifs is 1. The van der Waals surface area contributed by atoms with Crippen molar-refractivity contribution in [1.29, 1.82) is 0 Å². The number of Topliss-reactive ketones (excluding diaryl/α,β-unsaturated/α-hetero) is 1. The number of piperidine rings is 1. The zero-order chi connectivity index (χ0) is 18.1. The zero-order valence-corrected chi connectivity index (χ0v) is 15.2. The summed E-state index contributed by atoms with van der Waals surface area (Å²) in [6.07, 6.45) is 6.00. The van der Waals surface area contributed by atoms with Gasteiger partial charge in [-0.2, -0.15) is 5.10 Å². The minimum absolute atomic E-state index is 0.163. The second-order valence-corrected chi connectivity index (χ2v) is 7.16. The fourth-order valence-corrected chi connectivity index (χ4v) is 3.50. The van der Waals surface area contributed by atoms with Crippen molar-refractivity contribution in [2.45, 2.75) is 19.3 Å². The predicted octanol–water partition coefficient (Wildman–Crippen LogP) is 2.48. The largest absolute Gasteiger partial charge is 0.306 e. The molecule has 26 heavy (non-hydrogen) atoms. The number of hydrogen-bond acceptors (Lipinski definition) is 5. The smallest absolute Gasteiger partial charge is 0.142 e.